The van der Waals surface area contributed by atoms with Crippen molar-refractivity contribution in [1.29, 1.82) is 0 Å². The molecular weight excluding hydrogens is 268 g/mol. The third kappa shape index (κ3) is 2.43. The Morgan fingerprint density at radius 2 is 2.05 bits per heavy atom. The van der Waals surface area contributed by atoms with Crippen molar-refractivity contribution in [1.82, 2.24) is 20.2 Å². The SMILES string of the molecule is CCC1=C(C(=O)c2ccc(-n3ccnc3)cc2)NC(=O)[N]1. The lowest BCUT2D eigenvalue weighted by molar-refractivity contribution is 0.102. The number of carbonyl (C=O) groups excluding carboxylic acids is 2. The van der Waals surface area contributed by atoms with E-state index in [1.165, 1.54) is 0 Å². The first kappa shape index (κ1) is 13.1. The van der Waals surface area contributed by atoms with E-state index in [1.54, 1.807) is 24.7 Å². The number of nitrogens with zero attached hydrogens (tertiary/aromatic N) is 3. The molecular formula is C15H13N4O2. The molecule has 1 aliphatic heterocycles. The van der Waals surface area contributed by atoms with Gasteiger partial charge in [0.2, 0.25) is 5.78 Å². The summed E-state index contributed by atoms with van der Waals surface area (Å²) in [5, 5.41) is 6.29. The van der Waals surface area contributed by atoms with Crippen molar-refractivity contribution in [2.45, 2.75) is 13.3 Å². The van der Waals surface area contributed by atoms with Gasteiger partial charge in [0, 0.05) is 23.6 Å². The van der Waals surface area contributed by atoms with E-state index in [9.17, 15) is 9.59 Å². The van der Waals surface area contributed by atoms with E-state index in [1.807, 2.05) is 29.8 Å². The fourth-order valence-corrected chi connectivity index (χ4v) is 2.17. The van der Waals surface area contributed by atoms with Crippen LogP contribution in [0.3, 0.4) is 0 Å². The lowest BCUT2D eigenvalue weighted by Gasteiger charge is -2.05. The lowest BCUT2D eigenvalue weighted by Crippen LogP contribution is -2.22. The van der Waals surface area contributed by atoms with Crippen LogP contribution in [0.4, 0.5) is 4.79 Å². The van der Waals surface area contributed by atoms with Gasteiger partial charge in [-0.1, -0.05) is 6.92 Å². The zero-order chi connectivity index (χ0) is 14.8. The summed E-state index contributed by atoms with van der Waals surface area (Å²) in [6, 6.07) is 6.62. The summed E-state index contributed by atoms with van der Waals surface area (Å²) in [5.41, 5.74) is 2.20. The molecule has 0 saturated carbocycles. The van der Waals surface area contributed by atoms with Crippen molar-refractivity contribution in [3.63, 3.8) is 0 Å². The molecule has 0 spiro atoms. The first-order valence-corrected chi connectivity index (χ1v) is 6.58. The van der Waals surface area contributed by atoms with Crippen LogP contribution in [0.1, 0.15) is 23.7 Å². The number of benzene rings is 1. The molecule has 0 saturated heterocycles. The zero-order valence-electron chi connectivity index (χ0n) is 11.4. The minimum Gasteiger partial charge on any atom is -0.306 e. The van der Waals surface area contributed by atoms with Gasteiger partial charge in [-0.15, -0.1) is 0 Å². The molecule has 2 amide bonds. The average molecular weight is 281 g/mol. The van der Waals surface area contributed by atoms with Crippen LogP contribution >= 0.6 is 0 Å². The van der Waals surface area contributed by atoms with E-state index >= 15 is 0 Å². The molecule has 2 heterocycles. The Labute approximate surface area is 121 Å². The van der Waals surface area contributed by atoms with Crippen LogP contribution < -0.4 is 10.6 Å². The number of aromatic nitrogens is 2. The van der Waals surface area contributed by atoms with Gasteiger partial charge in [-0.05, 0) is 30.7 Å². The summed E-state index contributed by atoms with van der Waals surface area (Å²) in [6.45, 7) is 1.86. The molecule has 1 aromatic carbocycles. The van der Waals surface area contributed by atoms with E-state index in [-0.39, 0.29) is 11.5 Å². The molecule has 6 nitrogen and oxygen atoms in total. The Kier molecular flexibility index (Phi) is 3.27. The van der Waals surface area contributed by atoms with Crippen LogP contribution in [0.15, 0.2) is 54.4 Å². The number of ketones is 1. The van der Waals surface area contributed by atoms with Gasteiger partial charge >= 0.3 is 6.03 Å². The standard InChI is InChI=1S/C15H13N4O2/c1-2-12-13(18-15(21)17-12)14(20)10-3-5-11(6-4-10)19-8-7-16-9-19/h3-9H,2H2,1H3,(H,18,21). The van der Waals surface area contributed by atoms with Crippen molar-refractivity contribution < 1.29 is 9.59 Å². The predicted octanol–water partition coefficient (Wildman–Crippen LogP) is 2.00. The van der Waals surface area contributed by atoms with Gasteiger partial charge in [-0.3, -0.25) is 4.79 Å². The summed E-state index contributed by atoms with van der Waals surface area (Å²) in [6.07, 6.45) is 5.73. The number of rotatable bonds is 4. The van der Waals surface area contributed by atoms with Gasteiger partial charge < -0.3 is 9.88 Å². The van der Waals surface area contributed by atoms with E-state index in [4.69, 9.17) is 0 Å². The van der Waals surface area contributed by atoms with Crippen LogP contribution in [-0.4, -0.2) is 21.4 Å². The fourth-order valence-electron chi connectivity index (χ4n) is 2.17. The first-order chi connectivity index (χ1) is 10.2. The average Bonchev–Trinajstić information content (AvgIpc) is 3.16. The summed E-state index contributed by atoms with van der Waals surface area (Å²) < 4.78 is 1.84. The number of imidazole rings is 1. The van der Waals surface area contributed by atoms with Crippen LogP contribution in [-0.2, 0) is 0 Å². The number of urea groups is 1. The van der Waals surface area contributed by atoms with Crippen LogP contribution in [0, 0.1) is 0 Å². The van der Waals surface area contributed by atoms with E-state index < -0.39 is 6.03 Å². The number of amides is 2. The second-order valence-corrected chi connectivity index (χ2v) is 4.56. The molecule has 105 valence electrons. The highest BCUT2D eigenvalue weighted by atomic mass is 16.2. The van der Waals surface area contributed by atoms with Gasteiger partial charge in [-0.2, -0.15) is 5.32 Å². The first-order valence-electron chi connectivity index (χ1n) is 6.58. The molecule has 1 aliphatic rings. The molecule has 2 aromatic rings. The quantitative estimate of drug-likeness (QED) is 0.871. The lowest BCUT2D eigenvalue weighted by atomic mass is 10.1. The Balaban J connectivity index is 1.87. The molecule has 6 heteroatoms. The second-order valence-electron chi connectivity index (χ2n) is 4.56. The maximum Gasteiger partial charge on any atom is 0.345 e. The maximum atomic E-state index is 12.4. The number of nitrogens with one attached hydrogen (secondary N) is 1. The number of carbonyl (C=O) groups is 2. The zero-order valence-corrected chi connectivity index (χ0v) is 11.4. The number of hydrogen-bond acceptors (Lipinski definition) is 3. The Morgan fingerprint density at radius 3 is 2.67 bits per heavy atom. The molecule has 0 aliphatic carbocycles. The molecule has 0 atom stereocenters. The molecule has 21 heavy (non-hydrogen) atoms. The molecule has 0 unspecified atom stereocenters. The highest BCUT2D eigenvalue weighted by Crippen LogP contribution is 2.17. The fraction of sp³-hybridized carbons (Fsp3) is 0.133. The Hall–Kier alpha value is -2.89. The Bertz CT molecular complexity index is 715. The summed E-state index contributed by atoms with van der Waals surface area (Å²) >= 11 is 0. The largest absolute Gasteiger partial charge is 0.345 e. The minimum atomic E-state index is -0.481. The summed E-state index contributed by atoms with van der Waals surface area (Å²) in [7, 11) is 0. The molecule has 3 rings (SSSR count). The van der Waals surface area contributed by atoms with E-state index in [0.717, 1.165) is 5.69 Å². The summed E-state index contributed by atoms with van der Waals surface area (Å²) in [5.74, 6) is -0.223. The van der Waals surface area contributed by atoms with Crippen molar-refractivity contribution in [3.05, 3.63) is 59.9 Å². The van der Waals surface area contributed by atoms with Crippen molar-refractivity contribution in [2.75, 3.05) is 0 Å². The number of allylic oxidation sites excluding steroid dienone is 2. The maximum absolute atomic E-state index is 12.4. The normalized spacial score (nSPS) is 14.0. The van der Waals surface area contributed by atoms with E-state index in [2.05, 4.69) is 15.6 Å². The van der Waals surface area contributed by atoms with Gasteiger partial charge in [0.05, 0.1) is 12.0 Å². The second kappa shape index (κ2) is 5.24. The topological polar surface area (TPSA) is 78.1 Å². The predicted molar refractivity (Wildman–Crippen MR) is 75.9 cm³/mol. The highest BCUT2D eigenvalue weighted by Gasteiger charge is 2.26. The van der Waals surface area contributed by atoms with Crippen molar-refractivity contribution >= 4 is 11.8 Å². The van der Waals surface area contributed by atoms with Gasteiger partial charge in [0.1, 0.15) is 5.70 Å². The molecule has 0 bridgehead atoms. The van der Waals surface area contributed by atoms with Crippen molar-refractivity contribution in [2.24, 2.45) is 0 Å². The number of hydrogen-bond donors (Lipinski definition) is 1. The van der Waals surface area contributed by atoms with Crippen LogP contribution in [0.25, 0.3) is 5.69 Å². The molecule has 1 aromatic heterocycles. The number of Topliss-reactive ketones (excluding diaryl/α,β-unsaturated/α-hetero) is 1. The monoisotopic (exact) mass is 281 g/mol. The summed E-state index contributed by atoms with van der Waals surface area (Å²) in [4.78, 5) is 27.7. The third-order valence-electron chi connectivity index (χ3n) is 3.25. The minimum absolute atomic E-state index is 0.223. The van der Waals surface area contributed by atoms with Gasteiger partial charge in [-0.25, -0.2) is 9.78 Å². The van der Waals surface area contributed by atoms with Gasteiger partial charge in [0.25, 0.3) is 0 Å². The molecule has 1 N–H and O–H groups in total. The highest BCUT2D eigenvalue weighted by molar-refractivity contribution is 6.12. The van der Waals surface area contributed by atoms with Gasteiger partial charge in [0.15, 0.2) is 0 Å². The van der Waals surface area contributed by atoms with Crippen LogP contribution in [0.5, 0.6) is 0 Å². The molecule has 1 radical (unpaired) electrons. The smallest absolute Gasteiger partial charge is 0.306 e. The molecule has 0 fully saturated rings. The van der Waals surface area contributed by atoms with Crippen LogP contribution in [0.2, 0.25) is 0 Å². The Morgan fingerprint density at radius 1 is 1.29 bits per heavy atom. The third-order valence-corrected chi connectivity index (χ3v) is 3.25. The van der Waals surface area contributed by atoms with Crippen molar-refractivity contribution in [3.8, 4) is 5.69 Å². The van der Waals surface area contributed by atoms with E-state index in [0.29, 0.717) is 17.7 Å².